The minimum atomic E-state index is -0.817. The number of hydrogen-bond acceptors (Lipinski definition) is 6. The largest absolute Gasteiger partial charge is 0.465 e. The van der Waals surface area contributed by atoms with E-state index in [1.807, 2.05) is 0 Å². The lowest BCUT2D eigenvalue weighted by molar-refractivity contribution is -0.162. The van der Waals surface area contributed by atoms with E-state index in [2.05, 4.69) is 4.90 Å². The van der Waals surface area contributed by atoms with Crippen molar-refractivity contribution in [1.29, 1.82) is 0 Å². The summed E-state index contributed by atoms with van der Waals surface area (Å²) in [6.07, 6.45) is 0.428. The average Bonchev–Trinajstić information content (AvgIpc) is 2.41. The van der Waals surface area contributed by atoms with Crippen molar-refractivity contribution >= 4 is 11.9 Å². The number of hydrogen-bond donors (Lipinski definition) is 0. The van der Waals surface area contributed by atoms with E-state index in [4.69, 9.17) is 14.2 Å². The summed E-state index contributed by atoms with van der Waals surface area (Å²) in [7, 11) is 0. The molecule has 0 unspecified atom stereocenters. The SMILES string of the molecule is CCOC(=O)C(CCN1CCOCC1)C(=O)OCC. The van der Waals surface area contributed by atoms with Gasteiger partial charge in [-0.15, -0.1) is 0 Å². The molecule has 110 valence electrons. The van der Waals surface area contributed by atoms with Crippen LogP contribution in [-0.2, 0) is 23.8 Å². The van der Waals surface area contributed by atoms with E-state index >= 15 is 0 Å². The first-order chi connectivity index (χ1) is 9.19. The minimum Gasteiger partial charge on any atom is -0.465 e. The van der Waals surface area contributed by atoms with Gasteiger partial charge in [0.2, 0.25) is 0 Å². The van der Waals surface area contributed by atoms with Gasteiger partial charge in [0.25, 0.3) is 0 Å². The van der Waals surface area contributed by atoms with Gasteiger partial charge in [0.15, 0.2) is 5.92 Å². The molecule has 0 spiro atoms. The summed E-state index contributed by atoms with van der Waals surface area (Å²) in [4.78, 5) is 25.7. The van der Waals surface area contributed by atoms with Crippen LogP contribution in [0.4, 0.5) is 0 Å². The highest BCUT2D eigenvalue weighted by molar-refractivity contribution is 5.94. The molecule has 1 saturated heterocycles. The molecule has 0 aromatic carbocycles. The first-order valence-corrected chi connectivity index (χ1v) is 6.82. The minimum absolute atomic E-state index is 0.270. The van der Waals surface area contributed by atoms with Crippen molar-refractivity contribution in [2.45, 2.75) is 20.3 Å². The van der Waals surface area contributed by atoms with E-state index in [1.54, 1.807) is 13.8 Å². The van der Waals surface area contributed by atoms with Crippen LogP contribution in [0.1, 0.15) is 20.3 Å². The first-order valence-electron chi connectivity index (χ1n) is 6.82. The van der Waals surface area contributed by atoms with Gasteiger partial charge >= 0.3 is 11.9 Å². The van der Waals surface area contributed by atoms with Gasteiger partial charge in [-0.3, -0.25) is 14.5 Å². The van der Waals surface area contributed by atoms with Gasteiger partial charge in [-0.1, -0.05) is 0 Å². The third-order valence-electron chi connectivity index (χ3n) is 2.98. The lowest BCUT2D eigenvalue weighted by Crippen LogP contribution is -2.39. The highest BCUT2D eigenvalue weighted by atomic mass is 16.6. The van der Waals surface area contributed by atoms with Gasteiger partial charge < -0.3 is 14.2 Å². The predicted molar refractivity (Wildman–Crippen MR) is 68.6 cm³/mol. The standard InChI is InChI=1S/C13H23NO5/c1-3-18-12(15)11(13(16)19-4-2)5-6-14-7-9-17-10-8-14/h11H,3-10H2,1-2H3. The Labute approximate surface area is 114 Å². The van der Waals surface area contributed by atoms with E-state index < -0.39 is 17.9 Å². The van der Waals surface area contributed by atoms with Crippen LogP contribution in [0.25, 0.3) is 0 Å². The molecule has 1 aliphatic rings. The quantitative estimate of drug-likeness (QED) is 0.496. The van der Waals surface area contributed by atoms with Crippen molar-refractivity contribution in [2.75, 3.05) is 46.1 Å². The van der Waals surface area contributed by atoms with Gasteiger partial charge in [-0.05, 0) is 26.8 Å². The second-order valence-electron chi connectivity index (χ2n) is 4.30. The van der Waals surface area contributed by atoms with Gasteiger partial charge in [0.1, 0.15) is 0 Å². The summed E-state index contributed by atoms with van der Waals surface area (Å²) in [5.41, 5.74) is 0. The Kier molecular flexibility index (Phi) is 7.43. The maximum atomic E-state index is 11.8. The summed E-state index contributed by atoms with van der Waals surface area (Å²) >= 11 is 0. The highest BCUT2D eigenvalue weighted by Crippen LogP contribution is 2.11. The van der Waals surface area contributed by atoms with Gasteiger partial charge in [-0.2, -0.15) is 0 Å². The zero-order chi connectivity index (χ0) is 14.1. The van der Waals surface area contributed by atoms with Crippen LogP contribution in [-0.4, -0.2) is 62.9 Å². The van der Waals surface area contributed by atoms with Crippen molar-refractivity contribution < 1.29 is 23.8 Å². The van der Waals surface area contributed by atoms with Gasteiger partial charge in [-0.25, -0.2) is 0 Å². The average molecular weight is 273 g/mol. The Balaban J connectivity index is 2.47. The Hall–Kier alpha value is -1.14. The number of esters is 2. The topological polar surface area (TPSA) is 65.1 Å². The number of nitrogens with zero attached hydrogens (tertiary/aromatic N) is 1. The van der Waals surface area contributed by atoms with Crippen LogP contribution in [0.15, 0.2) is 0 Å². The molecule has 0 saturated carbocycles. The molecule has 0 aromatic heterocycles. The summed E-state index contributed by atoms with van der Waals surface area (Å²) in [5, 5.41) is 0. The fourth-order valence-corrected chi connectivity index (χ4v) is 1.95. The number of rotatable bonds is 7. The first kappa shape index (κ1) is 15.9. The van der Waals surface area contributed by atoms with Crippen LogP contribution in [0, 0.1) is 5.92 Å². The third-order valence-corrected chi connectivity index (χ3v) is 2.98. The van der Waals surface area contributed by atoms with Crippen molar-refractivity contribution in [3.05, 3.63) is 0 Å². The van der Waals surface area contributed by atoms with E-state index in [-0.39, 0.29) is 13.2 Å². The highest BCUT2D eigenvalue weighted by Gasteiger charge is 2.29. The second-order valence-corrected chi connectivity index (χ2v) is 4.30. The molecule has 0 aliphatic carbocycles. The van der Waals surface area contributed by atoms with E-state index in [0.29, 0.717) is 26.2 Å². The Morgan fingerprint density at radius 1 is 1.11 bits per heavy atom. The molecule has 0 aromatic rings. The van der Waals surface area contributed by atoms with Crippen LogP contribution in [0.2, 0.25) is 0 Å². The summed E-state index contributed by atoms with van der Waals surface area (Å²) in [6.45, 7) is 7.72. The number of morpholine rings is 1. The molecule has 0 radical (unpaired) electrons. The summed E-state index contributed by atoms with van der Waals surface area (Å²) in [5.74, 6) is -1.80. The van der Waals surface area contributed by atoms with Crippen molar-refractivity contribution in [2.24, 2.45) is 5.92 Å². The Morgan fingerprint density at radius 3 is 2.11 bits per heavy atom. The second kappa shape index (κ2) is 8.87. The molecule has 0 N–H and O–H groups in total. The monoisotopic (exact) mass is 273 g/mol. The van der Waals surface area contributed by atoms with Crippen LogP contribution in [0.5, 0.6) is 0 Å². The summed E-state index contributed by atoms with van der Waals surface area (Å²) < 4.78 is 15.1. The Bertz CT molecular complexity index is 271. The molecule has 0 amide bonds. The van der Waals surface area contributed by atoms with Crippen molar-refractivity contribution in [3.8, 4) is 0 Å². The van der Waals surface area contributed by atoms with Gasteiger partial charge in [0, 0.05) is 13.1 Å². The lowest BCUT2D eigenvalue weighted by Gasteiger charge is -2.27. The molecule has 1 heterocycles. The molecule has 0 atom stereocenters. The van der Waals surface area contributed by atoms with Crippen LogP contribution in [0.3, 0.4) is 0 Å². The lowest BCUT2D eigenvalue weighted by atomic mass is 10.1. The molecule has 6 heteroatoms. The maximum absolute atomic E-state index is 11.8. The number of ether oxygens (including phenoxy) is 3. The third kappa shape index (κ3) is 5.57. The van der Waals surface area contributed by atoms with Gasteiger partial charge in [0.05, 0.1) is 26.4 Å². The zero-order valence-corrected chi connectivity index (χ0v) is 11.7. The zero-order valence-electron chi connectivity index (χ0n) is 11.7. The number of carbonyl (C=O) groups excluding carboxylic acids is 2. The van der Waals surface area contributed by atoms with E-state index in [1.165, 1.54) is 0 Å². The molecule has 1 fully saturated rings. The number of carbonyl (C=O) groups is 2. The van der Waals surface area contributed by atoms with E-state index in [0.717, 1.165) is 13.1 Å². The molecule has 1 rings (SSSR count). The van der Waals surface area contributed by atoms with E-state index in [9.17, 15) is 9.59 Å². The molecular weight excluding hydrogens is 250 g/mol. The molecule has 6 nitrogen and oxygen atoms in total. The molecular formula is C13H23NO5. The smallest absolute Gasteiger partial charge is 0.320 e. The normalized spacial score (nSPS) is 16.4. The maximum Gasteiger partial charge on any atom is 0.320 e. The van der Waals surface area contributed by atoms with Crippen LogP contribution < -0.4 is 0 Å². The predicted octanol–water partition coefficient (Wildman–Crippen LogP) is 0.451. The summed E-state index contributed by atoms with van der Waals surface area (Å²) in [6, 6.07) is 0. The van der Waals surface area contributed by atoms with Crippen molar-refractivity contribution in [1.82, 2.24) is 4.90 Å². The molecule has 1 aliphatic heterocycles. The fraction of sp³-hybridized carbons (Fsp3) is 0.846. The fourth-order valence-electron chi connectivity index (χ4n) is 1.95. The molecule has 0 bridgehead atoms. The molecule has 19 heavy (non-hydrogen) atoms. The van der Waals surface area contributed by atoms with Crippen LogP contribution >= 0.6 is 0 Å². The Morgan fingerprint density at radius 2 is 1.63 bits per heavy atom. The van der Waals surface area contributed by atoms with Crippen molar-refractivity contribution in [3.63, 3.8) is 0 Å².